The zero-order valence-electron chi connectivity index (χ0n) is 10.6. The Hall–Kier alpha value is -1.88. The van der Waals surface area contributed by atoms with Crippen molar-refractivity contribution in [3.8, 4) is 11.3 Å². The third-order valence-electron chi connectivity index (χ3n) is 3.43. The van der Waals surface area contributed by atoms with Crippen LogP contribution in [0.15, 0.2) is 24.3 Å². The quantitative estimate of drug-likeness (QED) is 0.855. The van der Waals surface area contributed by atoms with E-state index < -0.39 is 11.5 Å². The molecular formula is C14H13ClFN3O. The van der Waals surface area contributed by atoms with Crippen molar-refractivity contribution in [3.05, 3.63) is 35.5 Å². The van der Waals surface area contributed by atoms with E-state index in [1.165, 1.54) is 11.3 Å². The first kappa shape index (κ1) is 13.1. The highest BCUT2D eigenvalue weighted by Gasteiger charge is 2.19. The molecule has 0 radical (unpaired) electrons. The van der Waals surface area contributed by atoms with Gasteiger partial charge in [0.2, 0.25) is 0 Å². The molecule has 20 heavy (non-hydrogen) atoms. The van der Waals surface area contributed by atoms with Gasteiger partial charge in [-0.2, -0.15) is 5.10 Å². The molecule has 4 nitrogen and oxygen atoms in total. The van der Waals surface area contributed by atoms with Gasteiger partial charge in [-0.1, -0.05) is 23.7 Å². The number of aryl methyl sites for hydroxylation is 1. The Kier molecular flexibility index (Phi) is 3.44. The molecule has 1 unspecified atom stereocenters. The Labute approximate surface area is 120 Å². The van der Waals surface area contributed by atoms with Gasteiger partial charge >= 0.3 is 0 Å². The average molecular weight is 294 g/mol. The maximum Gasteiger partial charge on any atom is 0.274 e. The summed E-state index contributed by atoms with van der Waals surface area (Å²) in [6.07, 6.45) is 3.23. The standard InChI is InChI=1S/C14H13ClFN3O/c15-13(16)14(20)17-9-6-4-8(5-7-9)12-10-2-1-3-11(10)18-19-12/h4-7,13H,1-3H2,(H,17,20)(H,18,19). The van der Waals surface area contributed by atoms with Gasteiger partial charge in [0.25, 0.3) is 11.5 Å². The molecule has 6 heteroatoms. The molecule has 1 aliphatic carbocycles. The number of benzene rings is 1. The number of rotatable bonds is 3. The number of anilines is 1. The number of amides is 1. The van der Waals surface area contributed by atoms with E-state index >= 15 is 0 Å². The normalized spacial score (nSPS) is 14.9. The van der Waals surface area contributed by atoms with Crippen LogP contribution >= 0.6 is 11.6 Å². The van der Waals surface area contributed by atoms with Gasteiger partial charge in [0.05, 0.1) is 5.69 Å². The number of nitrogens with one attached hydrogen (secondary N) is 2. The Morgan fingerprint density at radius 1 is 1.35 bits per heavy atom. The molecule has 2 N–H and O–H groups in total. The molecule has 0 fully saturated rings. The van der Waals surface area contributed by atoms with E-state index in [4.69, 9.17) is 11.6 Å². The minimum Gasteiger partial charge on any atom is -0.322 e. The lowest BCUT2D eigenvalue weighted by atomic mass is 10.1. The molecule has 1 heterocycles. The van der Waals surface area contributed by atoms with Crippen LogP contribution in [0, 0.1) is 0 Å². The van der Waals surface area contributed by atoms with Crippen molar-refractivity contribution in [1.82, 2.24) is 10.2 Å². The van der Waals surface area contributed by atoms with E-state index in [0.29, 0.717) is 5.69 Å². The minimum atomic E-state index is -2.04. The fourth-order valence-corrected chi connectivity index (χ4v) is 2.52. The number of carbonyl (C=O) groups excluding carboxylic acids is 1. The van der Waals surface area contributed by atoms with Gasteiger partial charge < -0.3 is 5.32 Å². The molecule has 0 spiro atoms. The molecule has 2 aromatic rings. The highest BCUT2D eigenvalue weighted by Crippen LogP contribution is 2.30. The predicted octanol–water partition coefficient (Wildman–Crippen LogP) is 3.04. The summed E-state index contributed by atoms with van der Waals surface area (Å²) in [5, 5.41) is 9.79. The predicted molar refractivity (Wildman–Crippen MR) is 75.4 cm³/mol. The second-order valence-electron chi connectivity index (χ2n) is 4.75. The fraction of sp³-hybridized carbons (Fsp3) is 0.286. The summed E-state index contributed by atoms with van der Waals surface area (Å²) < 4.78 is 12.6. The second-order valence-corrected chi connectivity index (χ2v) is 5.13. The maximum absolute atomic E-state index is 12.6. The molecule has 1 aromatic carbocycles. The first-order valence-corrected chi connectivity index (χ1v) is 6.84. The summed E-state index contributed by atoms with van der Waals surface area (Å²) >= 11 is 5.06. The SMILES string of the molecule is O=C(Nc1ccc(-c2n[nH]c3c2CCC3)cc1)C(F)Cl. The molecular weight excluding hydrogens is 281 g/mol. The van der Waals surface area contributed by atoms with E-state index in [1.807, 2.05) is 12.1 Å². The monoisotopic (exact) mass is 293 g/mol. The lowest BCUT2D eigenvalue weighted by Gasteiger charge is -2.06. The van der Waals surface area contributed by atoms with Crippen molar-refractivity contribution in [2.75, 3.05) is 5.32 Å². The molecule has 1 atom stereocenters. The average Bonchev–Trinajstić information content (AvgIpc) is 3.02. The van der Waals surface area contributed by atoms with Crippen molar-refractivity contribution in [2.45, 2.75) is 24.9 Å². The molecule has 1 aromatic heterocycles. The summed E-state index contributed by atoms with van der Waals surface area (Å²) in [5.74, 6) is -0.861. The number of H-pyrrole nitrogens is 1. The summed E-state index contributed by atoms with van der Waals surface area (Å²) in [6, 6.07) is 7.13. The van der Waals surface area contributed by atoms with Crippen molar-refractivity contribution >= 4 is 23.2 Å². The Bertz CT molecular complexity index is 636. The number of hydrogen-bond donors (Lipinski definition) is 2. The number of nitrogens with zero attached hydrogens (tertiary/aromatic N) is 1. The highest BCUT2D eigenvalue weighted by molar-refractivity contribution is 6.31. The van der Waals surface area contributed by atoms with Crippen LogP contribution in [0.3, 0.4) is 0 Å². The smallest absolute Gasteiger partial charge is 0.274 e. The van der Waals surface area contributed by atoms with Crippen LogP contribution in [0.25, 0.3) is 11.3 Å². The minimum absolute atomic E-state index is 0.509. The first-order valence-electron chi connectivity index (χ1n) is 6.40. The van der Waals surface area contributed by atoms with Crippen LogP contribution < -0.4 is 5.32 Å². The van der Waals surface area contributed by atoms with Crippen LogP contribution in [-0.2, 0) is 17.6 Å². The van der Waals surface area contributed by atoms with Gasteiger partial charge in [-0.05, 0) is 31.4 Å². The topological polar surface area (TPSA) is 57.8 Å². The van der Waals surface area contributed by atoms with E-state index in [0.717, 1.165) is 30.5 Å². The highest BCUT2D eigenvalue weighted by atomic mass is 35.5. The van der Waals surface area contributed by atoms with Crippen molar-refractivity contribution < 1.29 is 9.18 Å². The Morgan fingerprint density at radius 3 is 2.80 bits per heavy atom. The summed E-state index contributed by atoms with van der Waals surface area (Å²) in [5.41, 5.74) is 2.88. The molecule has 1 aliphatic rings. The van der Waals surface area contributed by atoms with Crippen LogP contribution in [-0.4, -0.2) is 21.7 Å². The number of hydrogen-bond acceptors (Lipinski definition) is 2. The van der Waals surface area contributed by atoms with Crippen LogP contribution in [0.2, 0.25) is 0 Å². The summed E-state index contributed by atoms with van der Waals surface area (Å²) in [7, 11) is 0. The van der Waals surface area contributed by atoms with Crippen LogP contribution in [0.1, 0.15) is 17.7 Å². The molecule has 0 aliphatic heterocycles. The van der Waals surface area contributed by atoms with Gasteiger partial charge in [-0.25, -0.2) is 4.39 Å². The molecule has 1 amide bonds. The number of halogens is 2. The molecule has 0 saturated carbocycles. The Morgan fingerprint density at radius 2 is 2.10 bits per heavy atom. The number of alkyl halides is 2. The number of aromatic nitrogens is 2. The van der Waals surface area contributed by atoms with Crippen LogP contribution in [0.5, 0.6) is 0 Å². The van der Waals surface area contributed by atoms with E-state index in [9.17, 15) is 9.18 Å². The van der Waals surface area contributed by atoms with E-state index in [1.54, 1.807) is 12.1 Å². The van der Waals surface area contributed by atoms with E-state index in [-0.39, 0.29) is 0 Å². The van der Waals surface area contributed by atoms with Crippen molar-refractivity contribution in [3.63, 3.8) is 0 Å². The van der Waals surface area contributed by atoms with E-state index in [2.05, 4.69) is 15.5 Å². The van der Waals surface area contributed by atoms with Gasteiger partial charge in [-0.3, -0.25) is 9.89 Å². The molecule has 0 saturated heterocycles. The summed E-state index contributed by atoms with van der Waals surface area (Å²) in [6.45, 7) is 0. The maximum atomic E-state index is 12.6. The van der Waals surface area contributed by atoms with Gasteiger partial charge in [0, 0.05) is 22.5 Å². The third kappa shape index (κ3) is 2.41. The first-order chi connectivity index (χ1) is 9.65. The third-order valence-corrected chi connectivity index (χ3v) is 3.63. The molecule has 104 valence electrons. The number of aromatic amines is 1. The second kappa shape index (κ2) is 5.25. The van der Waals surface area contributed by atoms with Gasteiger partial charge in [0.15, 0.2) is 0 Å². The lowest BCUT2D eigenvalue weighted by Crippen LogP contribution is -2.19. The zero-order valence-corrected chi connectivity index (χ0v) is 11.4. The number of carbonyl (C=O) groups is 1. The Balaban J connectivity index is 1.81. The largest absolute Gasteiger partial charge is 0.322 e. The summed E-state index contributed by atoms with van der Waals surface area (Å²) in [4.78, 5) is 11.1. The van der Waals surface area contributed by atoms with Crippen molar-refractivity contribution in [1.29, 1.82) is 0 Å². The molecule has 3 rings (SSSR count). The lowest BCUT2D eigenvalue weighted by molar-refractivity contribution is -0.118. The van der Waals surface area contributed by atoms with Crippen molar-refractivity contribution in [2.24, 2.45) is 0 Å². The van der Waals surface area contributed by atoms with Gasteiger partial charge in [-0.15, -0.1) is 0 Å². The molecule has 0 bridgehead atoms. The van der Waals surface area contributed by atoms with Crippen LogP contribution in [0.4, 0.5) is 10.1 Å². The number of fused-ring (bicyclic) bond motifs is 1. The zero-order chi connectivity index (χ0) is 14.1. The fourth-order valence-electron chi connectivity index (χ4n) is 2.47. The van der Waals surface area contributed by atoms with Gasteiger partial charge in [0.1, 0.15) is 0 Å².